The first-order valence-corrected chi connectivity index (χ1v) is 6.27. The first-order chi connectivity index (χ1) is 8.17. The van der Waals surface area contributed by atoms with Gasteiger partial charge >= 0.3 is 0 Å². The van der Waals surface area contributed by atoms with E-state index >= 15 is 0 Å². The van der Waals surface area contributed by atoms with E-state index in [1.807, 2.05) is 0 Å². The number of nitrogens with two attached hydrogens (primary N) is 1. The predicted molar refractivity (Wildman–Crippen MR) is 71.9 cm³/mol. The first-order valence-electron chi connectivity index (χ1n) is 6.27. The Labute approximate surface area is 104 Å². The number of hydrogen-bond acceptors (Lipinski definition) is 3. The van der Waals surface area contributed by atoms with Gasteiger partial charge in [0.25, 0.3) is 0 Å². The van der Waals surface area contributed by atoms with E-state index in [9.17, 15) is 0 Å². The van der Waals surface area contributed by atoms with E-state index < -0.39 is 0 Å². The standard InChI is InChI=1S/C14H22N2O/c1-10-8-13(17-3)9-11-4-5-12(6-7-15)16(2)14(10)11/h8-9,12H,4-7,15H2,1-3H3. The van der Waals surface area contributed by atoms with Crippen LogP contribution in [0, 0.1) is 6.92 Å². The van der Waals surface area contributed by atoms with Crippen molar-refractivity contribution in [3.05, 3.63) is 23.3 Å². The second-order valence-electron chi connectivity index (χ2n) is 4.83. The van der Waals surface area contributed by atoms with E-state index in [0.717, 1.165) is 25.1 Å². The zero-order valence-electron chi connectivity index (χ0n) is 11.0. The van der Waals surface area contributed by atoms with Crippen LogP contribution in [0.5, 0.6) is 5.75 Å². The lowest BCUT2D eigenvalue weighted by atomic mass is 9.92. The topological polar surface area (TPSA) is 38.5 Å². The first kappa shape index (κ1) is 12.2. The highest BCUT2D eigenvalue weighted by Gasteiger charge is 2.24. The number of ether oxygens (including phenoxy) is 1. The van der Waals surface area contributed by atoms with Crippen molar-refractivity contribution in [3.8, 4) is 5.75 Å². The highest BCUT2D eigenvalue weighted by atomic mass is 16.5. The van der Waals surface area contributed by atoms with Crippen LogP contribution in [-0.2, 0) is 6.42 Å². The molecular weight excluding hydrogens is 212 g/mol. The zero-order chi connectivity index (χ0) is 12.4. The number of benzene rings is 1. The Morgan fingerprint density at radius 2 is 2.24 bits per heavy atom. The Hall–Kier alpha value is -1.22. The summed E-state index contributed by atoms with van der Waals surface area (Å²) in [7, 11) is 3.91. The molecule has 2 rings (SSSR count). The maximum absolute atomic E-state index is 5.68. The van der Waals surface area contributed by atoms with Crippen LogP contribution in [0.15, 0.2) is 12.1 Å². The van der Waals surface area contributed by atoms with Gasteiger partial charge < -0.3 is 15.4 Å². The molecule has 0 radical (unpaired) electrons. The molecule has 0 bridgehead atoms. The molecule has 1 atom stereocenters. The third kappa shape index (κ3) is 2.25. The van der Waals surface area contributed by atoms with Gasteiger partial charge in [-0.3, -0.25) is 0 Å². The van der Waals surface area contributed by atoms with Crippen LogP contribution in [0.25, 0.3) is 0 Å². The number of methoxy groups -OCH3 is 1. The van der Waals surface area contributed by atoms with Gasteiger partial charge in [0.2, 0.25) is 0 Å². The molecule has 0 amide bonds. The maximum atomic E-state index is 5.68. The van der Waals surface area contributed by atoms with Crippen molar-refractivity contribution in [1.82, 2.24) is 0 Å². The fourth-order valence-electron chi connectivity index (χ4n) is 2.86. The van der Waals surface area contributed by atoms with Crippen molar-refractivity contribution in [2.45, 2.75) is 32.2 Å². The lowest BCUT2D eigenvalue weighted by Gasteiger charge is -2.37. The van der Waals surface area contributed by atoms with Crippen molar-refractivity contribution < 1.29 is 4.74 Å². The van der Waals surface area contributed by atoms with Crippen LogP contribution in [0.2, 0.25) is 0 Å². The summed E-state index contributed by atoms with van der Waals surface area (Å²) in [4.78, 5) is 2.39. The van der Waals surface area contributed by atoms with Gasteiger partial charge in [0.15, 0.2) is 0 Å². The largest absolute Gasteiger partial charge is 0.497 e. The molecule has 0 spiro atoms. The van der Waals surface area contributed by atoms with Gasteiger partial charge in [-0.1, -0.05) is 0 Å². The van der Waals surface area contributed by atoms with Crippen LogP contribution >= 0.6 is 0 Å². The molecule has 3 heteroatoms. The third-order valence-electron chi connectivity index (χ3n) is 3.74. The van der Waals surface area contributed by atoms with Crippen molar-refractivity contribution in [1.29, 1.82) is 0 Å². The van der Waals surface area contributed by atoms with E-state index in [4.69, 9.17) is 10.5 Å². The summed E-state index contributed by atoms with van der Waals surface area (Å²) < 4.78 is 5.33. The molecule has 0 fully saturated rings. The summed E-state index contributed by atoms with van der Waals surface area (Å²) >= 11 is 0. The minimum atomic E-state index is 0.583. The van der Waals surface area contributed by atoms with Crippen molar-refractivity contribution in [3.63, 3.8) is 0 Å². The molecule has 3 nitrogen and oxygen atoms in total. The SMILES string of the molecule is COc1cc(C)c2c(c1)CCC(CCN)N2C. The van der Waals surface area contributed by atoms with Crippen LogP contribution in [0.3, 0.4) is 0 Å². The van der Waals surface area contributed by atoms with Gasteiger partial charge in [-0.15, -0.1) is 0 Å². The van der Waals surface area contributed by atoms with Crippen LogP contribution in [0.1, 0.15) is 24.0 Å². The summed E-state index contributed by atoms with van der Waals surface area (Å²) in [6, 6.07) is 4.86. The lowest BCUT2D eigenvalue weighted by molar-refractivity contribution is 0.413. The molecule has 0 aromatic heterocycles. The summed E-state index contributed by atoms with van der Waals surface area (Å²) in [5.41, 5.74) is 9.74. The third-order valence-corrected chi connectivity index (χ3v) is 3.74. The minimum Gasteiger partial charge on any atom is -0.497 e. The van der Waals surface area contributed by atoms with Crippen LogP contribution in [-0.4, -0.2) is 26.7 Å². The molecule has 0 aliphatic carbocycles. The van der Waals surface area contributed by atoms with Gasteiger partial charge in [0.05, 0.1) is 7.11 Å². The Bertz CT molecular complexity index is 403. The molecule has 2 N–H and O–H groups in total. The quantitative estimate of drug-likeness (QED) is 0.870. The molecule has 1 aliphatic rings. The molecule has 1 aliphatic heterocycles. The monoisotopic (exact) mass is 234 g/mol. The van der Waals surface area contributed by atoms with Gasteiger partial charge in [-0.05, 0) is 56.0 Å². The molecular formula is C14H22N2O. The van der Waals surface area contributed by atoms with Crippen molar-refractivity contribution in [2.75, 3.05) is 25.6 Å². The summed E-state index contributed by atoms with van der Waals surface area (Å²) in [6.45, 7) is 2.92. The van der Waals surface area contributed by atoms with Gasteiger partial charge in [0.1, 0.15) is 5.75 Å². The molecule has 1 heterocycles. The molecule has 94 valence electrons. The zero-order valence-corrected chi connectivity index (χ0v) is 11.0. The van der Waals surface area contributed by atoms with Gasteiger partial charge in [0, 0.05) is 18.8 Å². The highest BCUT2D eigenvalue weighted by molar-refractivity contribution is 5.63. The fraction of sp³-hybridized carbons (Fsp3) is 0.571. The van der Waals surface area contributed by atoms with Crippen molar-refractivity contribution >= 4 is 5.69 Å². The Morgan fingerprint density at radius 3 is 2.88 bits per heavy atom. The lowest BCUT2D eigenvalue weighted by Crippen LogP contribution is -2.38. The number of anilines is 1. The molecule has 0 saturated carbocycles. The predicted octanol–water partition coefficient (Wildman–Crippen LogP) is 2.10. The van der Waals surface area contributed by atoms with Crippen molar-refractivity contribution in [2.24, 2.45) is 5.73 Å². The number of hydrogen-bond donors (Lipinski definition) is 1. The van der Waals surface area contributed by atoms with Gasteiger partial charge in [-0.25, -0.2) is 0 Å². The van der Waals surface area contributed by atoms with Crippen LogP contribution < -0.4 is 15.4 Å². The average molecular weight is 234 g/mol. The Balaban J connectivity index is 2.35. The highest BCUT2D eigenvalue weighted by Crippen LogP contribution is 2.36. The second-order valence-corrected chi connectivity index (χ2v) is 4.83. The number of fused-ring (bicyclic) bond motifs is 1. The molecule has 1 aromatic rings. The number of rotatable bonds is 3. The smallest absolute Gasteiger partial charge is 0.119 e. The molecule has 17 heavy (non-hydrogen) atoms. The summed E-state index contributed by atoms with van der Waals surface area (Å²) in [6.07, 6.45) is 3.39. The minimum absolute atomic E-state index is 0.583. The molecule has 1 aromatic carbocycles. The van der Waals surface area contributed by atoms with E-state index in [2.05, 4.69) is 31.0 Å². The number of nitrogens with zero attached hydrogens (tertiary/aromatic N) is 1. The maximum Gasteiger partial charge on any atom is 0.119 e. The summed E-state index contributed by atoms with van der Waals surface area (Å²) in [5.74, 6) is 0.965. The van der Waals surface area contributed by atoms with Crippen LogP contribution in [0.4, 0.5) is 5.69 Å². The Kier molecular flexibility index (Phi) is 3.57. The molecule has 0 saturated heterocycles. The summed E-state index contributed by atoms with van der Waals surface area (Å²) in [5, 5.41) is 0. The van der Waals surface area contributed by atoms with E-state index in [1.54, 1.807) is 7.11 Å². The Morgan fingerprint density at radius 1 is 1.47 bits per heavy atom. The van der Waals surface area contributed by atoms with E-state index in [-0.39, 0.29) is 0 Å². The van der Waals surface area contributed by atoms with E-state index in [1.165, 1.54) is 23.2 Å². The number of aryl methyl sites for hydroxylation is 2. The second kappa shape index (κ2) is 4.96. The molecule has 1 unspecified atom stereocenters. The average Bonchev–Trinajstić information content (AvgIpc) is 2.32. The fourth-order valence-corrected chi connectivity index (χ4v) is 2.86. The van der Waals surface area contributed by atoms with E-state index in [0.29, 0.717) is 6.04 Å². The normalized spacial score (nSPS) is 19.1. The van der Waals surface area contributed by atoms with Gasteiger partial charge in [-0.2, -0.15) is 0 Å².